The van der Waals surface area contributed by atoms with Gasteiger partial charge in [-0.05, 0) is 19.0 Å². The zero-order chi connectivity index (χ0) is 11.0. The fourth-order valence-electron chi connectivity index (χ4n) is 0.813. The van der Waals surface area contributed by atoms with Gasteiger partial charge in [-0.3, -0.25) is 0 Å². The maximum absolute atomic E-state index is 11.3. The highest BCUT2D eigenvalue weighted by Crippen LogP contribution is 2.00. The molecule has 5 heteroatoms. The Morgan fingerprint density at radius 1 is 1.36 bits per heavy atom. The molecule has 0 aliphatic rings. The summed E-state index contributed by atoms with van der Waals surface area (Å²) < 4.78 is 15.1. The molecule has 0 radical (unpaired) electrons. The largest absolute Gasteiger partial charge is 0.462 e. The van der Waals surface area contributed by atoms with Crippen LogP contribution in [0.25, 0.3) is 0 Å². The molecule has 0 aliphatic heterocycles. The molecular weight excluding hydrogens is 200 g/mol. The first-order valence-corrected chi connectivity index (χ1v) is 6.17. The first-order chi connectivity index (χ1) is 6.65. The van der Waals surface area contributed by atoms with Crippen molar-refractivity contribution in [2.24, 2.45) is 0 Å². The van der Waals surface area contributed by atoms with Crippen molar-refractivity contribution in [2.75, 3.05) is 20.8 Å². The van der Waals surface area contributed by atoms with Gasteiger partial charge >= 0.3 is 15.3 Å². The second-order valence-electron chi connectivity index (χ2n) is 2.83. The molecule has 0 aromatic rings. The Bertz CT molecular complexity index is 199. The lowest BCUT2D eigenvalue weighted by atomic mass is 10.4. The summed E-state index contributed by atoms with van der Waals surface area (Å²) in [4.78, 5) is 11.3. The van der Waals surface area contributed by atoms with Crippen molar-refractivity contribution in [3.8, 4) is 0 Å². The molecule has 0 atom stereocenters. The van der Waals surface area contributed by atoms with E-state index in [-0.39, 0.29) is 5.97 Å². The number of hydrogen-bond donors (Lipinski definition) is 0. The number of rotatable bonds is 6. The third kappa shape index (κ3) is 5.16. The van der Waals surface area contributed by atoms with Gasteiger partial charge in [0.2, 0.25) is 0 Å². The molecule has 0 fully saturated rings. The van der Waals surface area contributed by atoms with Crippen molar-refractivity contribution < 1.29 is 18.4 Å². The number of carbonyl (C=O) groups is 1. The quantitative estimate of drug-likeness (QED) is 0.378. The number of carbonyl (C=O) groups excluding carboxylic acids is 1. The molecule has 0 bridgehead atoms. The van der Waals surface area contributed by atoms with E-state index in [1.54, 1.807) is 26.8 Å². The van der Waals surface area contributed by atoms with Crippen LogP contribution in [0, 0.1) is 0 Å². The van der Waals surface area contributed by atoms with Gasteiger partial charge in [0.05, 0.1) is 6.61 Å². The van der Waals surface area contributed by atoms with Gasteiger partial charge in [0.25, 0.3) is 0 Å². The molecule has 82 valence electrons. The van der Waals surface area contributed by atoms with Gasteiger partial charge in [0, 0.05) is 19.8 Å². The average Bonchev–Trinajstić information content (AvgIpc) is 2.21. The van der Waals surface area contributed by atoms with Gasteiger partial charge in [0.15, 0.2) is 0 Å². The molecule has 0 spiro atoms. The maximum atomic E-state index is 11.3. The molecule has 14 heavy (non-hydrogen) atoms. The fourth-order valence-corrected chi connectivity index (χ4v) is 1.82. The Kier molecular flexibility index (Phi) is 7.36. The summed E-state index contributed by atoms with van der Waals surface area (Å²) in [7, 11) is 1.34. The van der Waals surface area contributed by atoms with E-state index in [2.05, 4.69) is 0 Å². The summed E-state index contributed by atoms with van der Waals surface area (Å²) in [5.41, 5.74) is 2.27. The smallest absolute Gasteiger partial charge is 0.348 e. The van der Waals surface area contributed by atoms with E-state index in [1.807, 2.05) is 6.92 Å². The lowest BCUT2D eigenvalue weighted by molar-refractivity contribution is -0.138. The molecule has 0 amide bonds. The molecule has 0 saturated carbocycles. The molecule has 0 aliphatic carbocycles. The SMILES string of the molecule is CCCOC(=O)C(C)=C[SiH](OC)OC. The van der Waals surface area contributed by atoms with Crippen LogP contribution < -0.4 is 0 Å². The second kappa shape index (κ2) is 7.72. The Morgan fingerprint density at radius 3 is 2.36 bits per heavy atom. The van der Waals surface area contributed by atoms with Crippen LogP contribution in [0.1, 0.15) is 20.3 Å². The molecule has 0 N–H and O–H groups in total. The minimum Gasteiger partial charge on any atom is -0.462 e. The van der Waals surface area contributed by atoms with Gasteiger partial charge in [-0.15, -0.1) is 0 Å². The highest BCUT2D eigenvalue weighted by atomic mass is 28.3. The minimum absolute atomic E-state index is 0.293. The second-order valence-corrected chi connectivity index (χ2v) is 4.84. The van der Waals surface area contributed by atoms with Gasteiger partial charge in [-0.25, -0.2) is 4.79 Å². The van der Waals surface area contributed by atoms with Gasteiger partial charge in [0.1, 0.15) is 0 Å². The van der Waals surface area contributed by atoms with E-state index < -0.39 is 9.28 Å². The highest BCUT2D eigenvalue weighted by molar-refractivity contribution is 6.51. The normalized spacial score (nSPS) is 11.9. The standard InChI is InChI=1S/C9H18O4Si/c1-5-6-13-9(10)8(2)7-14(11-3)12-4/h7,14H,5-6H2,1-4H3. The Balaban J connectivity index is 4.13. The van der Waals surface area contributed by atoms with Crippen LogP contribution in [0.3, 0.4) is 0 Å². The molecule has 0 aromatic heterocycles. The monoisotopic (exact) mass is 218 g/mol. The Labute approximate surface area is 86.7 Å². The summed E-state index contributed by atoms with van der Waals surface area (Å²) in [6.45, 7) is 4.11. The molecule has 0 rings (SSSR count). The number of esters is 1. The van der Waals surface area contributed by atoms with Gasteiger partial charge in [-0.2, -0.15) is 0 Å². The van der Waals surface area contributed by atoms with Crippen LogP contribution in [0.4, 0.5) is 0 Å². The van der Waals surface area contributed by atoms with Crippen LogP contribution in [-0.2, 0) is 18.4 Å². The van der Waals surface area contributed by atoms with Crippen molar-refractivity contribution >= 4 is 15.3 Å². The molecular formula is C9H18O4Si. The summed E-state index contributed by atoms with van der Waals surface area (Å²) >= 11 is 0. The van der Waals surface area contributed by atoms with Crippen LogP contribution in [-0.4, -0.2) is 36.1 Å². The predicted octanol–water partition coefficient (Wildman–Crippen LogP) is 0.938. The fraction of sp³-hybridized carbons (Fsp3) is 0.667. The first-order valence-electron chi connectivity index (χ1n) is 4.56. The summed E-state index contributed by atoms with van der Waals surface area (Å²) in [6, 6.07) is 0. The third-order valence-electron chi connectivity index (χ3n) is 1.61. The van der Waals surface area contributed by atoms with Crippen LogP contribution in [0.2, 0.25) is 0 Å². The summed E-state index contributed by atoms with van der Waals surface area (Å²) in [6.07, 6.45) is 0.828. The van der Waals surface area contributed by atoms with Crippen LogP contribution in [0.15, 0.2) is 11.3 Å². The zero-order valence-electron chi connectivity index (χ0n) is 9.20. The van der Waals surface area contributed by atoms with Gasteiger partial charge < -0.3 is 13.6 Å². The molecule has 0 aromatic carbocycles. The van der Waals surface area contributed by atoms with Crippen molar-refractivity contribution in [1.29, 1.82) is 0 Å². The predicted molar refractivity (Wildman–Crippen MR) is 56.2 cm³/mol. The topological polar surface area (TPSA) is 44.8 Å². The van der Waals surface area contributed by atoms with E-state index >= 15 is 0 Å². The third-order valence-corrected chi connectivity index (χ3v) is 3.31. The molecule has 0 saturated heterocycles. The lowest BCUT2D eigenvalue weighted by Crippen LogP contribution is -2.18. The molecule has 0 heterocycles. The van der Waals surface area contributed by atoms with Crippen molar-refractivity contribution in [2.45, 2.75) is 20.3 Å². The molecule has 0 unspecified atom stereocenters. The van der Waals surface area contributed by atoms with Crippen molar-refractivity contribution in [1.82, 2.24) is 0 Å². The maximum Gasteiger partial charge on any atom is 0.348 e. The van der Waals surface area contributed by atoms with Crippen molar-refractivity contribution in [3.63, 3.8) is 0 Å². The van der Waals surface area contributed by atoms with Gasteiger partial charge in [-0.1, -0.05) is 6.92 Å². The van der Waals surface area contributed by atoms with E-state index in [1.165, 1.54) is 0 Å². The Morgan fingerprint density at radius 2 is 1.93 bits per heavy atom. The van der Waals surface area contributed by atoms with E-state index in [9.17, 15) is 4.79 Å². The minimum atomic E-state index is -1.80. The summed E-state index contributed by atoms with van der Waals surface area (Å²) in [5, 5.41) is 0. The number of hydrogen-bond acceptors (Lipinski definition) is 4. The highest BCUT2D eigenvalue weighted by Gasteiger charge is 2.11. The molecule has 4 nitrogen and oxygen atoms in total. The van der Waals surface area contributed by atoms with Crippen molar-refractivity contribution in [3.05, 3.63) is 11.3 Å². The van der Waals surface area contributed by atoms with E-state index in [4.69, 9.17) is 13.6 Å². The van der Waals surface area contributed by atoms with Crippen LogP contribution >= 0.6 is 0 Å². The van der Waals surface area contributed by atoms with E-state index in [0.29, 0.717) is 12.2 Å². The zero-order valence-corrected chi connectivity index (χ0v) is 10.4. The summed E-state index contributed by atoms with van der Waals surface area (Å²) in [5.74, 6) is -0.293. The lowest BCUT2D eigenvalue weighted by Gasteiger charge is -2.07. The average molecular weight is 218 g/mol. The van der Waals surface area contributed by atoms with Crippen LogP contribution in [0.5, 0.6) is 0 Å². The Hall–Kier alpha value is -0.653. The van der Waals surface area contributed by atoms with E-state index in [0.717, 1.165) is 6.42 Å². The first kappa shape index (κ1) is 13.3. The number of ether oxygens (including phenoxy) is 1.